The Labute approximate surface area is 90.0 Å². The second-order valence-corrected chi connectivity index (χ2v) is 3.43. The highest BCUT2D eigenvalue weighted by Crippen LogP contribution is 2.11. The molecule has 0 bridgehead atoms. The van der Waals surface area contributed by atoms with Crippen molar-refractivity contribution < 1.29 is 19.1 Å². The van der Waals surface area contributed by atoms with Gasteiger partial charge in [0.05, 0.1) is 6.61 Å². The summed E-state index contributed by atoms with van der Waals surface area (Å²) in [5.41, 5.74) is 0. The van der Waals surface area contributed by atoms with Crippen molar-refractivity contribution in [2.45, 2.75) is 40.0 Å². The number of ketones is 2. The maximum absolute atomic E-state index is 11.5. The molecule has 0 N–H and O–H groups in total. The first kappa shape index (κ1) is 13.8. The van der Waals surface area contributed by atoms with E-state index >= 15 is 0 Å². The number of esters is 1. The summed E-state index contributed by atoms with van der Waals surface area (Å²) in [4.78, 5) is 33.9. The van der Waals surface area contributed by atoms with Crippen molar-refractivity contribution in [1.82, 2.24) is 0 Å². The molecule has 86 valence electrons. The third-order valence-corrected chi connectivity index (χ3v) is 1.95. The fourth-order valence-corrected chi connectivity index (χ4v) is 1.28. The minimum Gasteiger partial charge on any atom is -0.465 e. The zero-order chi connectivity index (χ0) is 11.8. The van der Waals surface area contributed by atoms with E-state index in [4.69, 9.17) is 4.74 Å². The molecular weight excluding hydrogens is 196 g/mol. The summed E-state index contributed by atoms with van der Waals surface area (Å²) in [7, 11) is 0. The molecule has 0 aliphatic carbocycles. The SMILES string of the molecule is CCCC(=O)C(CC(C)=O)C(=O)OCC. The van der Waals surface area contributed by atoms with Gasteiger partial charge in [-0.25, -0.2) is 0 Å². The van der Waals surface area contributed by atoms with E-state index in [2.05, 4.69) is 0 Å². The molecule has 4 heteroatoms. The van der Waals surface area contributed by atoms with Crippen LogP contribution < -0.4 is 0 Å². The molecule has 0 aromatic carbocycles. The van der Waals surface area contributed by atoms with Crippen molar-refractivity contribution in [3.63, 3.8) is 0 Å². The Kier molecular flexibility index (Phi) is 6.58. The number of carbonyl (C=O) groups excluding carboxylic acids is 3. The van der Waals surface area contributed by atoms with Crippen molar-refractivity contribution in [2.75, 3.05) is 6.61 Å². The normalized spacial score (nSPS) is 11.9. The number of rotatable bonds is 7. The van der Waals surface area contributed by atoms with Crippen LogP contribution in [-0.4, -0.2) is 24.1 Å². The number of hydrogen-bond acceptors (Lipinski definition) is 4. The van der Waals surface area contributed by atoms with Gasteiger partial charge >= 0.3 is 5.97 Å². The lowest BCUT2D eigenvalue weighted by Crippen LogP contribution is -2.28. The monoisotopic (exact) mass is 214 g/mol. The summed E-state index contributed by atoms with van der Waals surface area (Å²) in [6.07, 6.45) is 0.946. The fourth-order valence-electron chi connectivity index (χ4n) is 1.28. The molecule has 0 saturated heterocycles. The average molecular weight is 214 g/mol. The molecule has 0 amide bonds. The Morgan fingerprint density at radius 2 is 1.80 bits per heavy atom. The van der Waals surface area contributed by atoms with Gasteiger partial charge < -0.3 is 4.74 Å². The van der Waals surface area contributed by atoms with Crippen LogP contribution >= 0.6 is 0 Å². The first-order valence-electron chi connectivity index (χ1n) is 5.21. The highest BCUT2D eigenvalue weighted by molar-refractivity contribution is 6.02. The molecule has 15 heavy (non-hydrogen) atoms. The number of carbonyl (C=O) groups is 3. The van der Waals surface area contributed by atoms with Crippen LogP contribution in [0, 0.1) is 5.92 Å². The molecule has 0 aliphatic heterocycles. The third kappa shape index (κ3) is 5.30. The molecule has 0 aromatic heterocycles. The van der Waals surface area contributed by atoms with E-state index in [9.17, 15) is 14.4 Å². The van der Waals surface area contributed by atoms with Crippen LogP contribution in [0.25, 0.3) is 0 Å². The summed E-state index contributed by atoms with van der Waals surface area (Å²) in [5, 5.41) is 0. The largest absolute Gasteiger partial charge is 0.465 e. The van der Waals surface area contributed by atoms with E-state index in [0.717, 1.165) is 0 Å². The summed E-state index contributed by atoms with van der Waals surface area (Å²) >= 11 is 0. The minimum absolute atomic E-state index is 0.0440. The molecule has 0 aliphatic rings. The highest BCUT2D eigenvalue weighted by Gasteiger charge is 2.28. The number of ether oxygens (including phenoxy) is 1. The van der Waals surface area contributed by atoms with E-state index in [0.29, 0.717) is 12.8 Å². The standard InChI is InChI=1S/C11H18O4/c1-4-6-10(13)9(7-8(3)12)11(14)15-5-2/h9H,4-7H2,1-3H3. The second-order valence-electron chi connectivity index (χ2n) is 3.43. The van der Waals surface area contributed by atoms with E-state index < -0.39 is 11.9 Å². The number of Topliss-reactive ketones (excluding diaryl/α,β-unsaturated/α-hetero) is 2. The maximum atomic E-state index is 11.5. The van der Waals surface area contributed by atoms with Gasteiger partial charge in [-0.05, 0) is 20.3 Å². The van der Waals surface area contributed by atoms with Gasteiger partial charge in [-0.1, -0.05) is 6.92 Å². The van der Waals surface area contributed by atoms with E-state index in [1.165, 1.54) is 6.92 Å². The van der Waals surface area contributed by atoms with Crippen LogP contribution in [0.3, 0.4) is 0 Å². The van der Waals surface area contributed by atoms with Gasteiger partial charge in [0.15, 0.2) is 0 Å². The van der Waals surface area contributed by atoms with Crippen molar-refractivity contribution in [1.29, 1.82) is 0 Å². The van der Waals surface area contributed by atoms with Crippen LogP contribution in [-0.2, 0) is 19.1 Å². The summed E-state index contributed by atoms with van der Waals surface area (Å²) in [5.74, 6) is -1.85. The molecule has 0 fully saturated rings. The van der Waals surface area contributed by atoms with E-state index in [-0.39, 0.29) is 24.6 Å². The number of hydrogen-bond donors (Lipinski definition) is 0. The average Bonchev–Trinajstić information content (AvgIpc) is 2.14. The van der Waals surface area contributed by atoms with Gasteiger partial charge in [0.2, 0.25) is 0 Å². The van der Waals surface area contributed by atoms with Crippen LogP contribution in [0.5, 0.6) is 0 Å². The fraction of sp³-hybridized carbons (Fsp3) is 0.727. The Bertz CT molecular complexity index is 227. The van der Waals surface area contributed by atoms with Gasteiger partial charge in [0, 0.05) is 12.8 Å². The lowest BCUT2D eigenvalue weighted by Gasteiger charge is -2.12. The zero-order valence-electron chi connectivity index (χ0n) is 9.54. The van der Waals surface area contributed by atoms with Crippen LogP contribution in [0.4, 0.5) is 0 Å². The molecule has 0 rings (SSSR count). The Hall–Kier alpha value is -1.19. The second kappa shape index (κ2) is 7.15. The smallest absolute Gasteiger partial charge is 0.316 e. The highest BCUT2D eigenvalue weighted by atomic mass is 16.5. The van der Waals surface area contributed by atoms with Crippen molar-refractivity contribution in [3.8, 4) is 0 Å². The predicted molar refractivity (Wildman–Crippen MR) is 55.3 cm³/mol. The lowest BCUT2D eigenvalue weighted by atomic mass is 9.95. The zero-order valence-corrected chi connectivity index (χ0v) is 9.54. The van der Waals surface area contributed by atoms with Crippen LogP contribution in [0.2, 0.25) is 0 Å². The molecule has 1 atom stereocenters. The van der Waals surface area contributed by atoms with Crippen molar-refractivity contribution in [2.24, 2.45) is 5.92 Å². The van der Waals surface area contributed by atoms with Gasteiger partial charge in [-0.3, -0.25) is 14.4 Å². The molecule has 4 nitrogen and oxygen atoms in total. The first-order valence-corrected chi connectivity index (χ1v) is 5.21. The molecule has 0 aromatic rings. The molecule has 1 unspecified atom stereocenters. The minimum atomic E-state index is -0.901. The van der Waals surface area contributed by atoms with Gasteiger partial charge in [-0.2, -0.15) is 0 Å². The van der Waals surface area contributed by atoms with E-state index in [1.54, 1.807) is 6.92 Å². The topological polar surface area (TPSA) is 60.4 Å². The van der Waals surface area contributed by atoms with Crippen molar-refractivity contribution in [3.05, 3.63) is 0 Å². The van der Waals surface area contributed by atoms with Gasteiger partial charge in [0.1, 0.15) is 17.5 Å². The van der Waals surface area contributed by atoms with Gasteiger partial charge in [-0.15, -0.1) is 0 Å². The van der Waals surface area contributed by atoms with Gasteiger partial charge in [0.25, 0.3) is 0 Å². The summed E-state index contributed by atoms with van der Waals surface area (Å²) in [6.45, 7) is 5.12. The summed E-state index contributed by atoms with van der Waals surface area (Å²) < 4.78 is 4.76. The maximum Gasteiger partial charge on any atom is 0.316 e. The third-order valence-electron chi connectivity index (χ3n) is 1.95. The molecule has 0 heterocycles. The first-order chi connectivity index (χ1) is 7.02. The predicted octanol–water partition coefficient (Wildman–Crippen LogP) is 1.51. The van der Waals surface area contributed by atoms with E-state index in [1.807, 2.05) is 6.92 Å². The van der Waals surface area contributed by atoms with Crippen LogP contribution in [0.15, 0.2) is 0 Å². The molecule has 0 saturated carbocycles. The Morgan fingerprint density at radius 3 is 2.20 bits per heavy atom. The lowest BCUT2D eigenvalue weighted by molar-refractivity contribution is -0.153. The summed E-state index contributed by atoms with van der Waals surface area (Å²) in [6, 6.07) is 0. The Morgan fingerprint density at radius 1 is 1.20 bits per heavy atom. The quantitative estimate of drug-likeness (QED) is 0.476. The van der Waals surface area contributed by atoms with Crippen LogP contribution in [0.1, 0.15) is 40.0 Å². The molecule has 0 spiro atoms. The Balaban J connectivity index is 4.49. The molecule has 0 radical (unpaired) electrons. The van der Waals surface area contributed by atoms with Crippen molar-refractivity contribution >= 4 is 17.5 Å². The molecular formula is C11H18O4.